The fraction of sp³-hybridized carbons (Fsp3) is 0.552. The fourth-order valence-electron chi connectivity index (χ4n) is 5.73. The lowest BCUT2D eigenvalue weighted by molar-refractivity contribution is -0.143. The molecule has 248 valence electrons. The number of tetrazole rings is 1. The Hall–Kier alpha value is -3.40. The van der Waals surface area contributed by atoms with Crippen molar-refractivity contribution >= 4 is 5.95 Å². The first kappa shape index (κ1) is 34.5. The maximum absolute atomic E-state index is 13.9. The first-order chi connectivity index (χ1) is 20.9. The molecule has 1 aromatic heterocycles. The van der Waals surface area contributed by atoms with E-state index in [-0.39, 0.29) is 48.6 Å². The molecular weight excluding hydrogens is 619 g/mol. The summed E-state index contributed by atoms with van der Waals surface area (Å²) in [6, 6.07) is 4.04. The molecular formula is C29H33F9N6O. The van der Waals surface area contributed by atoms with Gasteiger partial charge in [0.25, 0.3) is 5.95 Å². The van der Waals surface area contributed by atoms with Gasteiger partial charge in [-0.25, -0.2) is 0 Å². The summed E-state index contributed by atoms with van der Waals surface area (Å²) in [5.74, 6) is -0.183. The molecule has 3 aromatic rings. The van der Waals surface area contributed by atoms with Crippen molar-refractivity contribution in [3.05, 3.63) is 69.8 Å². The number of aromatic nitrogens is 4. The smallest absolute Gasteiger partial charge is 0.396 e. The summed E-state index contributed by atoms with van der Waals surface area (Å²) in [5.41, 5.74) is -3.73. The van der Waals surface area contributed by atoms with Crippen LogP contribution in [0.25, 0.3) is 0 Å². The van der Waals surface area contributed by atoms with Crippen LogP contribution < -0.4 is 4.90 Å². The lowest BCUT2D eigenvalue weighted by Crippen LogP contribution is -2.40. The van der Waals surface area contributed by atoms with Crippen LogP contribution in [0, 0.1) is 11.8 Å². The van der Waals surface area contributed by atoms with E-state index in [0.29, 0.717) is 43.6 Å². The van der Waals surface area contributed by atoms with Crippen molar-refractivity contribution in [3.63, 3.8) is 0 Å². The zero-order valence-electron chi connectivity index (χ0n) is 24.7. The van der Waals surface area contributed by atoms with Crippen LogP contribution in [0.3, 0.4) is 0 Å². The predicted octanol–water partition coefficient (Wildman–Crippen LogP) is 6.87. The van der Waals surface area contributed by atoms with E-state index in [4.69, 9.17) is 0 Å². The fourth-order valence-corrected chi connectivity index (χ4v) is 5.73. The third-order valence-electron chi connectivity index (χ3n) is 7.88. The Bertz CT molecular complexity index is 1410. The number of aryl methyl sites for hydroxylation is 1. The van der Waals surface area contributed by atoms with Gasteiger partial charge in [0, 0.05) is 25.7 Å². The molecule has 1 aliphatic heterocycles. The average Bonchev–Trinajstić information content (AvgIpc) is 3.38. The molecule has 7 nitrogen and oxygen atoms in total. The van der Waals surface area contributed by atoms with E-state index in [2.05, 4.69) is 20.3 Å². The highest BCUT2D eigenvalue weighted by atomic mass is 19.4. The van der Waals surface area contributed by atoms with Crippen molar-refractivity contribution in [3.8, 4) is 0 Å². The third-order valence-corrected chi connectivity index (χ3v) is 7.88. The number of rotatable bonds is 9. The molecule has 0 unspecified atom stereocenters. The van der Waals surface area contributed by atoms with Gasteiger partial charge in [0.1, 0.15) is 0 Å². The van der Waals surface area contributed by atoms with Crippen LogP contribution in [0.1, 0.15) is 66.1 Å². The van der Waals surface area contributed by atoms with Crippen LogP contribution in [0.5, 0.6) is 0 Å². The molecule has 0 aliphatic carbocycles. The summed E-state index contributed by atoms with van der Waals surface area (Å²) < 4.78 is 123. The standard InChI is InChI=1S/C29H33F9N6O/c1-17(2)25(43-8-6-18(16-45)7-9-43)24-5-4-21(27(30,31)32)12-20(24)15-44(26-39-41-42(3)40-26)14-19-10-22(28(33,34)35)13-23(11-19)29(36,37)38/h4-5,10-13,17-18,25,45H,6-9,14-16H2,1-3H3/t25-/m1/s1. The molecule has 0 amide bonds. The topological polar surface area (TPSA) is 70.3 Å². The molecule has 45 heavy (non-hydrogen) atoms. The molecule has 0 radical (unpaired) electrons. The van der Waals surface area contributed by atoms with Crippen molar-refractivity contribution < 1.29 is 44.6 Å². The minimum atomic E-state index is -5.09. The second-order valence-corrected chi connectivity index (χ2v) is 11.6. The number of aliphatic hydroxyl groups is 1. The highest BCUT2D eigenvalue weighted by molar-refractivity contribution is 5.42. The summed E-state index contributed by atoms with van der Waals surface area (Å²) in [7, 11) is 1.39. The average molecular weight is 653 g/mol. The molecule has 0 bridgehead atoms. The van der Waals surface area contributed by atoms with Crippen molar-refractivity contribution in [2.45, 2.75) is 64.3 Å². The van der Waals surface area contributed by atoms with Crippen LogP contribution in [-0.4, -0.2) is 49.9 Å². The second kappa shape index (κ2) is 13.1. The van der Waals surface area contributed by atoms with Gasteiger partial charge in [-0.1, -0.05) is 25.0 Å². The van der Waals surface area contributed by atoms with Crippen molar-refractivity contribution in [1.29, 1.82) is 0 Å². The number of hydrogen-bond acceptors (Lipinski definition) is 6. The quantitative estimate of drug-likeness (QED) is 0.255. The number of anilines is 1. The van der Waals surface area contributed by atoms with Crippen LogP contribution >= 0.6 is 0 Å². The summed E-state index contributed by atoms with van der Waals surface area (Å²) in [5, 5.41) is 21.2. The van der Waals surface area contributed by atoms with Crippen molar-refractivity contribution in [2.24, 2.45) is 18.9 Å². The highest BCUT2D eigenvalue weighted by Crippen LogP contribution is 2.40. The Morgan fingerprint density at radius 3 is 1.89 bits per heavy atom. The molecule has 4 rings (SSSR count). The number of aliphatic hydroxyl groups excluding tert-OH is 1. The van der Waals surface area contributed by atoms with Gasteiger partial charge in [-0.15, -0.1) is 5.10 Å². The molecule has 1 N–H and O–H groups in total. The summed E-state index contributed by atoms with van der Waals surface area (Å²) in [6.07, 6.45) is -13.5. The van der Waals surface area contributed by atoms with Gasteiger partial charge in [0.2, 0.25) is 0 Å². The molecule has 1 fully saturated rings. The van der Waals surface area contributed by atoms with E-state index >= 15 is 0 Å². The minimum absolute atomic E-state index is 0.00647. The van der Waals surface area contributed by atoms with Crippen LogP contribution in [0.15, 0.2) is 36.4 Å². The molecule has 2 aromatic carbocycles. The number of halogens is 9. The van der Waals surface area contributed by atoms with E-state index < -0.39 is 47.3 Å². The van der Waals surface area contributed by atoms with Gasteiger partial charge in [-0.2, -0.15) is 44.3 Å². The van der Waals surface area contributed by atoms with E-state index in [9.17, 15) is 44.6 Å². The van der Waals surface area contributed by atoms with E-state index in [1.165, 1.54) is 18.0 Å². The van der Waals surface area contributed by atoms with Gasteiger partial charge in [0.15, 0.2) is 0 Å². The molecule has 1 atom stereocenters. The summed E-state index contributed by atoms with van der Waals surface area (Å²) in [6.45, 7) is 4.03. The molecule has 0 spiro atoms. The first-order valence-corrected chi connectivity index (χ1v) is 14.2. The van der Waals surface area contributed by atoms with Gasteiger partial charge < -0.3 is 10.0 Å². The lowest BCUT2D eigenvalue weighted by Gasteiger charge is -2.40. The Labute approximate surface area is 253 Å². The first-order valence-electron chi connectivity index (χ1n) is 14.2. The van der Waals surface area contributed by atoms with Gasteiger partial charge in [-0.3, -0.25) is 4.90 Å². The Morgan fingerprint density at radius 1 is 0.844 bits per heavy atom. The van der Waals surface area contributed by atoms with Crippen molar-refractivity contribution in [1.82, 2.24) is 25.1 Å². The third kappa shape index (κ3) is 8.45. The SMILES string of the molecule is CC(C)[C@H](c1ccc(C(F)(F)F)cc1CN(Cc1cc(C(F)(F)F)cc(C(F)(F)F)c1)c1nnn(C)n1)N1CCC(CO)CC1. The van der Waals surface area contributed by atoms with E-state index in [0.717, 1.165) is 16.9 Å². The van der Waals surface area contributed by atoms with E-state index in [1.807, 2.05) is 13.8 Å². The molecule has 1 saturated heterocycles. The number of hydrogen-bond donors (Lipinski definition) is 1. The number of nitrogens with zero attached hydrogens (tertiary/aromatic N) is 6. The van der Waals surface area contributed by atoms with Crippen LogP contribution in [-0.2, 0) is 38.7 Å². The van der Waals surface area contributed by atoms with Crippen LogP contribution in [0.4, 0.5) is 45.5 Å². The van der Waals surface area contributed by atoms with Gasteiger partial charge >= 0.3 is 18.5 Å². The Morgan fingerprint density at radius 2 is 1.42 bits per heavy atom. The summed E-state index contributed by atoms with van der Waals surface area (Å²) in [4.78, 5) is 4.35. The van der Waals surface area contributed by atoms with Gasteiger partial charge in [0.05, 0.1) is 23.7 Å². The number of likely N-dealkylation sites (tertiary alicyclic amines) is 1. The van der Waals surface area contributed by atoms with E-state index in [1.54, 1.807) is 0 Å². The number of alkyl halides is 9. The lowest BCUT2D eigenvalue weighted by atomic mass is 9.87. The normalized spacial score (nSPS) is 16.4. The second-order valence-electron chi connectivity index (χ2n) is 11.6. The Kier molecular flexibility index (Phi) is 10.1. The predicted molar refractivity (Wildman–Crippen MR) is 146 cm³/mol. The Balaban J connectivity index is 1.82. The van der Waals surface area contributed by atoms with Gasteiger partial charge in [-0.05, 0) is 90.0 Å². The largest absolute Gasteiger partial charge is 0.416 e. The minimum Gasteiger partial charge on any atom is -0.396 e. The monoisotopic (exact) mass is 652 g/mol. The maximum Gasteiger partial charge on any atom is 0.416 e. The molecule has 0 saturated carbocycles. The van der Waals surface area contributed by atoms with Crippen LogP contribution in [0.2, 0.25) is 0 Å². The van der Waals surface area contributed by atoms with Crippen molar-refractivity contribution in [2.75, 3.05) is 24.6 Å². The zero-order chi connectivity index (χ0) is 33.3. The number of benzene rings is 2. The highest BCUT2D eigenvalue weighted by Gasteiger charge is 2.38. The molecule has 1 aliphatic rings. The number of piperidine rings is 1. The zero-order valence-corrected chi connectivity index (χ0v) is 24.7. The molecule has 2 heterocycles. The molecule has 16 heteroatoms. The maximum atomic E-state index is 13.9. The summed E-state index contributed by atoms with van der Waals surface area (Å²) >= 11 is 0.